The minimum atomic E-state index is -0.366. The highest BCUT2D eigenvalue weighted by atomic mass is 16.4. The van der Waals surface area contributed by atoms with E-state index in [2.05, 4.69) is 5.32 Å². The summed E-state index contributed by atoms with van der Waals surface area (Å²) in [6.45, 7) is 0. The monoisotopic (exact) mass is 266 g/mol. The lowest BCUT2D eigenvalue weighted by molar-refractivity contribution is 0.561. The van der Waals surface area contributed by atoms with E-state index in [0.29, 0.717) is 11.3 Å². The Morgan fingerprint density at radius 3 is 2.50 bits per heavy atom. The van der Waals surface area contributed by atoms with Crippen LogP contribution < -0.4 is 16.7 Å². The summed E-state index contributed by atoms with van der Waals surface area (Å²) in [4.78, 5) is 11.7. The summed E-state index contributed by atoms with van der Waals surface area (Å²) in [5.41, 5.74) is 9.43. The Labute approximate surface area is 115 Å². The minimum absolute atomic E-state index is 0.366. The molecule has 0 amide bonds. The van der Waals surface area contributed by atoms with E-state index in [9.17, 15) is 4.79 Å². The van der Waals surface area contributed by atoms with Crippen LogP contribution >= 0.6 is 0 Å². The lowest BCUT2D eigenvalue weighted by atomic mass is 10.0. The molecular formula is C16H14N2O2. The Hall–Kier alpha value is -2.75. The van der Waals surface area contributed by atoms with Crippen molar-refractivity contribution in [3.05, 3.63) is 59.0 Å². The minimum Gasteiger partial charge on any atom is -0.423 e. The lowest BCUT2D eigenvalue weighted by Crippen LogP contribution is -1.99. The highest BCUT2D eigenvalue weighted by Gasteiger charge is 2.08. The van der Waals surface area contributed by atoms with Gasteiger partial charge in [-0.1, -0.05) is 12.1 Å². The highest BCUT2D eigenvalue weighted by Crippen LogP contribution is 2.29. The third-order valence-corrected chi connectivity index (χ3v) is 3.25. The molecule has 0 aliphatic rings. The fourth-order valence-corrected chi connectivity index (χ4v) is 2.24. The number of nitrogens with two attached hydrogens (primary N) is 1. The summed E-state index contributed by atoms with van der Waals surface area (Å²) in [6, 6.07) is 14.6. The van der Waals surface area contributed by atoms with Crippen LogP contribution in [-0.4, -0.2) is 7.05 Å². The van der Waals surface area contributed by atoms with Gasteiger partial charge in [0.1, 0.15) is 5.58 Å². The van der Waals surface area contributed by atoms with Gasteiger partial charge in [-0.2, -0.15) is 0 Å². The van der Waals surface area contributed by atoms with Crippen molar-refractivity contribution in [3.63, 3.8) is 0 Å². The van der Waals surface area contributed by atoms with Crippen LogP contribution in [0.1, 0.15) is 0 Å². The molecule has 0 saturated carbocycles. The Bertz CT molecular complexity index is 820. The topological polar surface area (TPSA) is 68.3 Å². The number of benzene rings is 2. The van der Waals surface area contributed by atoms with Crippen molar-refractivity contribution in [2.24, 2.45) is 0 Å². The van der Waals surface area contributed by atoms with Crippen molar-refractivity contribution in [2.75, 3.05) is 18.1 Å². The number of nitrogens with one attached hydrogen (secondary N) is 1. The van der Waals surface area contributed by atoms with Gasteiger partial charge in [0.2, 0.25) is 0 Å². The maximum Gasteiger partial charge on any atom is 0.336 e. The van der Waals surface area contributed by atoms with Crippen LogP contribution in [0.2, 0.25) is 0 Å². The second-order valence-electron chi connectivity index (χ2n) is 4.56. The first-order chi connectivity index (χ1) is 9.67. The van der Waals surface area contributed by atoms with Gasteiger partial charge in [0.05, 0.1) is 0 Å². The molecule has 3 rings (SSSR count). The fourth-order valence-electron chi connectivity index (χ4n) is 2.24. The van der Waals surface area contributed by atoms with Crippen molar-refractivity contribution >= 4 is 22.3 Å². The molecule has 0 unspecified atom stereocenters. The zero-order valence-corrected chi connectivity index (χ0v) is 11.0. The Morgan fingerprint density at radius 2 is 1.80 bits per heavy atom. The van der Waals surface area contributed by atoms with Crippen molar-refractivity contribution in [1.82, 2.24) is 0 Å². The van der Waals surface area contributed by atoms with Crippen LogP contribution in [0.3, 0.4) is 0 Å². The molecule has 0 fully saturated rings. The molecule has 0 radical (unpaired) electrons. The van der Waals surface area contributed by atoms with E-state index in [0.717, 1.165) is 22.2 Å². The largest absolute Gasteiger partial charge is 0.423 e. The summed E-state index contributed by atoms with van der Waals surface area (Å²) in [7, 11) is 1.86. The zero-order chi connectivity index (χ0) is 14.1. The second kappa shape index (κ2) is 4.74. The molecule has 3 N–H and O–H groups in total. The predicted octanol–water partition coefficient (Wildman–Crippen LogP) is 3.08. The Kier molecular flexibility index (Phi) is 2.91. The number of rotatable bonds is 2. The summed E-state index contributed by atoms with van der Waals surface area (Å²) in [6.07, 6.45) is 0. The van der Waals surface area contributed by atoms with Crippen LogP contribution in [-0.2, 0) is 0 Å². The molecule has 4 nitrogen and oxygen atoms in total. The Balaban J connectivity index is 2.28. The first kappa shape index (κ1) is 12.3. The molecule has 1 aromatic heterocycles. The summed E-state index contributed by atoms with van der Waals surface area (Å²) in [5.74, 6) is 0. The highest BCUT2D eigenvalue weighted by molar-refractivity contribution is 5.95. The third kappa shape index (κ3) is 2.12. The normalized spacial score (nSPS) is 10.7. The van der Waals surface area contributed by atoms with Gasteiger partial charge < -0.3 is 15.5 Å². The van der Waals surface area contributed by atoms with Crippen LogP contribution in [0.15, 0.2) is 57.7 Å². The molecule has 0 aliphatic carbocycles. The number of hydrogen-bond donors (Lipinski definition) is 2. The number of anilines is 2. The van der Waals surface area contributed by atoms with E-state index in [-0.39, 0.29) is 5.63 Å². The molecular weight excluding hydrogens is 252 g/mol. The molecule has 4 heteroatoms. The van der Waals surface area contributed by atoms with E-state index in [1.165, 1.54) is 6.07 Å². The van der Waals surface area contributed by atoms with Gasteiger partial charge in [-0.05, 0) is 41.5 Å². The van der Waals surface area contributed by atoms with Gasteiger partial charge >= 0.3 is 5.63 Å². The molecule has 2 aromatic carbocycles. The molecule has 100 valence electrons. The van der Waals surface area contributed by atoms with E-state index < -0.39 is 0 Å². The average Bonchev–Trinajstić information content (AvgIpc) is 2.47. The van der Waals surface area contributed by atoms with Crippen molar-refractivity contribution < 1.29 is 4.42 Å². The SMILES string of the molecule is CNc1ccc(-c2cc(=O)oc3ccc(N)cc23)cc1. The first-order valence-corrected chi connectivity index (χ1v) is 6.29. The Morgan fingerprint density at radius 1 is 1.05 bits per heavy atom. The number of fused-ring (bicyclic) bond motifs is 1. The van der Waals surface area contributed by atoms with Crippen molar-refractivity contribution in [3.8, 4) is 11.1 Å². The van der Waals surface area contributed by atoms with Crippen molar-refractivity contribution in [1.29, 1.82) is 0 Å². The smallest absolute Gasteiger partial charge is 0.336 e. The van der Waals surface area contributed by atoms with E-state index in [4.69, 9.17) is 10.2 Å². The van der Waals surface area contributed by atoms with Gasteiger partial charge in [0, 0.05) is 29.9 Å². The van der Waals surface area contributed by atoms with Crippen LogP contribution in [0.5, 0.6) is 0 Å². The van der Waals surface area contributed by atoms with E-state index >= 15 is 0 Å². The number of nitrogen functional groups attached to an aromatic ring is 1. The van der Waals surface area contributed by atoms with Gasteiger partial charge in [0.25, 0.3) is 0 Å². The molecule has 0 aliphatic heterocycles. The first-order valence-electron chi connectivity index (χ1n) is 6.29. The van der Waals surface area contributed by atoms with Gasteiger partial charge in [-0.3, -0.25) is 0 Å². The van der Waals surface area contributed by atoms with E-state index in [1.807, 2.05) is 37.4 Å². The predicted molar refractivity (Wildman–Crippen MR) is 81.9 cm³/mol. The van der Waals surface area contributed by atoms with Gasteiger partial charge in [0.15, 0.2) is 0 Å². The summed E-state index contributed by atoms with van der Waals surface area (Å²) in [5, 5.41) is 3.90. The van der Waals surface area contributed by atoms with Crippen LogP contribution in [0.4, 0.5) is 11.4 Å². The molecule has 0 bridgehead atoms. The molecule has 0 atom stereocenters. The molecule has 0 spiro atoms. The van der Waals surface area contributed by atoms with Crippen LogP contribution in [0, 0.1) is 0 Å². The standard InChI is InChI=1S/C16H14N2O2/c1-18-12-5-2-10(3-6-12)13-9-16(19)20-15-7-4-11(17)8-14(13)15/h2-9,18H,17H2,1H3. The quantitative estimate of drug-likeness (QED) is 0.552. The maximum absolute atomic E-state index is 11.7. The van der Waals surface area contributed by atoms with Crippen molar-refractivity contribution in [2.45, 2.75) is 0 Å². The molecule has 0 saturated heterocycles. The van der Waals surface area contributed by atoms with E-state index in [1.54, 1.807) is 12.1 Å². The molecule has 3 aromatic rings. The lowest BCUT2D eigenvalue weighted by Gasteiger charge is -2.07. The average molecular weight is 266 g/mol. The van der Waals surface area contributed by atoms with Crippen LogP contribution in [0.25, 0.3) is 22.1 Å². The fraction of sp³-hybridized carbons (Fsp3) is 0.0625. The summed E-state index contributed by atoms with van der Waals surface area (Å²) < 4.78 is 5.20. The summed E-state index contributed by atoms with van der Waals surface area (Å²) >= 11 is 0. The number of hydrogen-bond acceptors (Lipinski definition) is 4. The third-order valence-electron chi connectivity index (χ3n) is 3.25. The van der Waals surface area contributed by atoms with Gasteiger partial charge in [-0.25, -0.2) is 4.79 Å². The zero-order valence-electron chi connectivity index (χ0n) is 11.0. The second-order valence-corrected chi connectivity index (χ2v) is 4.56. The molecule has 20 heavy (non-hydrogen) atoms. The maximum atomic E-state index is 11.7. The van der Waals surface area contributed by atoms with Gasteiger partial charge in [-0.15, -0.1) is 0 Å². The molecule has 1 heterocycles.